The standard InChI is InChI=1S/C10H16N4O2/c1-6-5-14(3-2-7(6)11)9(15)8-4-12-10(16)13-8/h4,6-7H,2-3,5,11H2,1H3,(H2,12,13,16). The van der Waals surface area contributed by atoms with Crippen LogP contribution in [0.15, 0.2) is 11.0 Å². The highest BCUT2D eigenvalue weighted by Crippen LogP contribution is 2.16. The van der Waals surface area contributed by atoms with Gasteiger partial charge in [0, 0.05) is 25.3 Å². The second kappa shape index (κ2) is 4.13. The highest BCUT2D eigenvalue weighted by Gasteiger charge is 2.27. The van der Waals surface area contributed by atoms with Gasteiger partial charge in [0.25, 0.3) is 5.91 Å². The number of hydrogen-bond acceptors (Lipinski definition) is 3. The van der Waals surface area contributed by atoms with Crippen molar-refractivity contribution in [1.82, 2.24) is 14.9 Å². The fourth-order valence-electron chi connectivity index (χ4n) is 1.97. The Bertz CT molecular complexity index is 436. The summed E-state index contributed by atoms with van der Waals surface area (Å²) in [7, 11) is 0. The molecule has 1 amide bonds. The summed E-state index contributed by atoms with van der Waals surface area (Å²) in [5, 5.41) is 0. The third-order valence-corrected chi connectivity index (χ3v) is 3.09. The molecule has 6 nitrogen and oxygen atoms in total. The number of imidazole rings is 1. The van der Waals surface area contributed by atoms with Gasteiger partial charge in [-0.1, -0.05) is 6.92 Å². The zero-order valence-electron chi connectivity index (χ0n) is 9.19. The lowest BCUT2D eigenvalue weighted by atomic mass is 9.95. The molecular weight excluding hydrogens is 208 g/mol. The Morgan fingerprint density at radius 2 is 2.38 bits per heavy atom. The van der Waals surface area contributed by atoms with E-state index in [9.17, 15) is 9.59 Å². The van der Waals surface area contributed by atoms with Crippen molar-refractivity contribution in [3.8, 4) is 0 Å². The zero-order chi connectivity index (χ0) is 11.7. The second-order valence-corrected chi connectivity index (χ2v) is 4.34. The van der Waals surface area contributed by atoms with E-state index in [0.29, 0.717) is 24.7 Å². The van der Waals surface area contributed by atoms with Crippen LogP contribution in [0.2, 0.25) is 0 Å². The average molecular weight is 224 g/mol. The number of aromatic amines is 2. The molecule has 0 saturated carbocycles. The maximum atomic E-state index is 12.0. The van der Waals surface area contributed by atoms with Crippen LogP contribution in [-0.4, -0.2) is 39.9 Å². The van der Waals surface area contributed by atoms with Gasteiger partial charge in [0.2, 0.25) is 0 Å². The quantitative estimate of drug-likeness (QED) is 0.600. The van der Waals surface area contributed by atoms with E-state index in [1.165, 1.54) is 6.20 Å². The minimum absolute atomic E-state index is 0.142. The lowest BCUT2D eigenvalue weighted by Gasteiger charge is -2.34. The average Bonchev–Trinajstić information content (AvgIpc) is 2.68. The number of aromatic nitrogens is 2. The van der Waals surface area contributed by atoms with E-state index in [2.05, 4.69) is 9.97 Å². The summed E-state index contributed by atoms with van der Waals surface area (Å²) in [5.41, 5.74) is 5.84. The molecular formula is C10H16N4O2. The molecule has 0 radical (unpaired) electrons. The molecule has 1 aliphatic heterocycles. The van der Waals surface area contributed by atoms with Gasteiger partial charge in [0.1, 0.15) is 5.69 Å². The van der Waals surface area contributed by atoms with Crippen LogP contribution in [0, 0.1) is 5.92 Å². The first kappa shape index (κ1) is 10.9. The van der Waals surface area contributed by atoms with Crippen molar-refractivity contribution in [1.29, 1.82) is 0 Å². The van der Waals surface area contributed by atoms with Gasteiger partial charge >= 0.3 is 5.69 Å². The van der Waals surface area contributed by atoms with Crippen LogP contribution in [0.25, 0.3) is 0 Å². The lowest BCUT2D eigenvalue weighted by molar-refractivity contribution is 0.0658. The topological polar surface area (TPSA) is 95.0 Å². The molecule has 6 heteroatoms. The summed E-state index contributed by atoms with van der Waals surface area (Å²) >= 11 is 0. The van der Waals surface area contributed by atoms with E-state index >= 15 is 0 Å². The van der Waals surface area contributed by atoms with Crippen molar-refractivity contribution >= 4 is 5.91 Å². The van der Waals surface area contributed by atoms with Crippen molar-refractivity contribution in [2.24, 2.45) is 11.7 Å². The molecule has 1 aromatic rings. The Morgan fingerprint density at radius 3 is 2.94 bits per heavy atom. The molecule has 1 aromatic heterocycles. The van der Waals surface area contributed by atoms with Crippen molar-refractivity contribution < 1.29 is 4.79 Å². The van der Waals surface area contributed by atoms with Crippen LogP contribution in [0.5, 0.6) is 0 Å². The van der Waals surface area contributed by atoms with Gasteiger partial charge in [-0.25, -0.2) is 4.79 Å². The molecule has 0 aromatic carbocycles. The second-order valence-electron chi connectivity index (χ2n) is 4.34. The number of amides is 1. The molecule has 88 valence electrons. The van der Waals surface area contributed by atoms with Crippen LogP contribution in [0.4, 0.5) is 0 Å². The normalized spacial score (nSPS) is 25.8. The predicted octanol–water partition coefficient (Wildman–Crippen LogP) is -0.488. The Balaban J connectivity index is 2.09. The summed E-state index contributed by atoms with van der Waals surface area (Å²) in [6.45, 7) is 3.33. The predicted molar refractivity (Wildman–Crippen MR) is 59.1 cm³/mol. The number of rotatable bonds is 1. The first-order chi connectivity index (χ1) is 7.58. The monoisotopic (exact) mass is 224 g/mol. The zero-order valence-corrected chi connectivity index (χ0v) is 9.19. The molecule has 2 unspecified atom stereocenters. The maximum absolute atomic E-state index is 12.0. The molecule has 0 spiro atoms. The Hall–Kier alpha value is -1.56. The third-order valence-electron chi connectivity index (χ3n) is 3.09. The molecule has 2 heterocycles. The van der Waals surface area contributed by atoms with E-state index < -0.39 is 0 Å². The SMILES string of the molecule is CC1CN(C(=O)c2c[nH]c(=O)[nH]2)CCC1N. The molecule has 4 N–H and O–H groups in total. The number of nitrogens with zero attached hydrogens (tertiary/aromatic N) is 1. The van der Waals surface area contributed by atoms with Gasteiger partial charge in [-0.05, 0) is 12.3 Å². The Morgan fingerprint density at radius 1 is 1.62 bits per heavy atom. The first-order valence-corrected chi connectivity index (χ1v) is 5.40. The summed E-state index contributed by atoms with van der Waals surface area (Å²) in [6.07, 6.45) is 2.21. The molecule has 2 atom stereocenters. The van der Waals surface area contributed by atoms with Crippen LogP contribution >= 0.6 is 0 Å². The largest absolute Gasteiger partial charge is 0.337 e. The number of H-pyrrole nitrogens is 2. The third kappa shape index (κ3) is 2.01. The van der Waals surface area contributed by atoms with Crippen LogP contribution < -0.4 is 11.4 Å². The Kier molecular flexibility index (Phi) is 2.82. The van der Waals surface area contributed by atoms with Gasteiger partial charge < -0.3 is 20.6 Å². The van der Waals surface area contributed by atoms with Crippen LogP contribution in [0.3, 0.4) is 0 Å². The van der Waals surface area contributed by atoms with Crippen molar-refractivity contribution in [2.45, 2.75) is 19.4 Å². The van der Waals surface area contributed by atoms with Crippen molar-refractivity contribution in [3.05, 3.63) is 22.4 Å². The molecule has 1 saturated heterocycles. The summed E-state index contributed by atoms with van der Waals surface area (Å²) in [5.74, 6) is 0.153. The number of hydrogen-bond donors (Lipinski definition) is 3. The van der Waals surface area contributed by atoms with Gasteiger partial charge in [-0.3, -0.25) is 4.79 Å². The molecule has 16 heavy (non-hydrogen) atoms. The van der Waals surface area contributed by atoms with E-state index in [1.807, 2.05) is 6.92 Å². The molecule has 1 aliphatic rings. The van der Waals surface area contributed by atoms with E-state index in [4.69, 9.17) is 5.73 Å². The Labute approximate surface area is 92.8 Å². The number of piperidine rings is 1. The fourth-order valence-corrected chi connectivity index (χ4v) is 1.97. The highest BCUT2D eigenvalue weighted by molar-refractivity contribution is 5.92. The lowest BCUT2D eigenvalue weighted by Crippen LogP contribution is -2.48. The van der Waals surface area contributed by atoms with Crippen molar-refractivity contribution in [2.75, 3.05) is 13.1 Å². The summed E-state index contributed by atoms with van der Waals surface area (Å²) in [6, 6.07) is 0.161. The van der Waals surface area contributed by atoms with Gasteiger partial charge in [-0.2, -0.15) is 0 Å². The minimum Gasteiger partial charge on any atom is -0.337 e. The van der Waals surface area contributed by atoms with Crippen molar-refractivity contribution in [3.63, 3.8) is 0 Å². The van der Waals surface area contributed by atoms with E-state index in [1.54, 1.807) is 4.90 Å². The van der Waals surface area contributed by atoms with E-state index in [0.717, 1.165) is 6.42 Å². The smallest absolute Gasteiger partial charge is 0.323 e. The van der Waals surface area contributed by atoms with Gasteiger partial charge in [0.05, 0.1) is 0 Å². The minimum atomic E-state index is -0.356. The number of likely N-dealkylation sites (tertiary alicyclic amines) is 1. The fraction of sp³-hybridized carbons (Fsp3) is 0.600. The number of carbonyl (C=O) groups excluding carboxylic acids is 1. The van der Waals surface area contributed by atoms with Crippen LogP contribution in [-0.2, 0) is 0 Å². The summed E-state index contributed by atoms with van der Waals surface area (Å²) < 4.78 is 0. The van der Waals surface area contributed by atoms with Gasteiger partial charge in [0.15, 0.2) is 0 Å². The molecule has 2 rings (SSSR count). The molecule has 1 fully saturated rings. The van der Waals surface area contributed by atoms with Crippen LogP contribution in [0.1, 0.15) is 23.8 Å². The molecule has 0 aliphatic carbocycles. The first-order valence-electron chi connectivity index (χ1n) is 5.40. The molecule has 0 bridgehead atoms. The van der Waals surface area contributed by atoms with E-state index in [-0.39, 0.29) is 17.6 Å². The number of nitrogens with one attached hydrogen (secondary N) is 2. The number of carbonyl (C=O) groups is 1. The summed E-state index contributed by atoms with van der Waals surface area (Å²) in [4.78, 5) is 29.5. The number of nitrogens with two attached hydrogens (primary N) is 1. The highest BCUT2D eigenvalue weighted by atomic mass is 16.2. The maximum Gasteiger partial charge on any atom is 0.323 e. The van der Waals surface area contributed by atoms with Gasteiger partial charge in [-0.15, -0.1) is 0 Å².